The number of benzene rings is 1. The summed E-state index contributed by atoms with van der Waals surface area (Å²) in [5.41, 5.74) is 2.48. The Bertz CT molecular complexity index is 511. The van der Waals surface area contributed by atoms with Gasteiger partial charge in [-0.2, -0.15) is 0 Å². The van der Waals surface area contributed by atoms with E-state index in [4.69, 9.17) is 11.6 Å². The van der Waals surface area contributed by atoms with Crippen molar-refractivity contribution in [1.82, 2.24) is 9.80 Å². The number of piperazine rings is 1. The molecule has 1 fully saturated rings. The van der Waals surface area contributed by atoms with Crippen molar-refractivity contribution in [2.45, 2.75) is 6.92 Å². The smallest absolute Gasteiger partial charge is 0.254 e. The van der Waals surface area contributed by atoms with Crippen LogP contribution >= 0.6 is 11.6 Å². The first-order valence-electron chi connectivity index (χ1n) is 6.65. The van der Waals surface area contributed by atoms with Gasteiger partial charge in [0, 0.05) is 43.8 Å². The fourth-order valence-electron chi connectivity index (χ4n) is 2.23. The number of hydrogen-bond acceptors (Lipinski definition) is 2. The van der Waals surface area contributed by atoms with E-state index >= 15 is 0 Å². The maximum atomic E-state index is 13.5. The Labute approximate surface area is 123 Å². The van der Waals surface area contributed by atoms with Crippen LogP contribution in [0.5, 0.6) is 0 Å². The molecule has 1 aliphatic rings. The number of nitrogens with zero attached hydrogens (tertiary/aromatic N) is 2. The second-order valence-electron chi connectivity index (χ2n) is 4.92. The van der Waals surface area contributed by atoms with Crippen LogP contribution in [0, 0.1) is 12.7 Å². The molecule has 1 saturated heterocycles. The Morgan fingerprint density at radius 1 is 1.35 bits per heavy atom. The maximum Gasteiger partial charge on any atom is 0.254 e. The summed E-state index contributed by atoms with van der Waals surface area (Å²) in [5.74, 6) is -0.432. The molecular weight excluding hydrogens is 279 g/mol. The van der Waals surface area contributed by atoms with E-state index in [1.54, 1.807) is 24.0 Å². The lowest BCUT2D eigenvalue weighted by atomic mass is 10.1. The first-order valence-corrected chi connectivity index (χ1v) is 7.08. The number of carbonyl (C=O) groups excluding carboxylic acids is 1. The first-order chi connectivity index (χ1) is 9.61. The summed E-state index contributed by atoms with van der Waals surface area (Å²) in [6, 6.07) is 4.65. The van der Waals surface area contributed by atoms with Gasteiger partial charge in [-0.25, -0.2) is 4.39 Å². The highest BCUT2D eigenvalue weighted by molar-refractivity contribution is 6.25. The Kier molecular flexibility index (Phi) is 5.15. The minimum absolute atomic E-state index is 0.101. The van der Waals surface area contributed by atoms with Gasteiger partial charge in [0.2, 0.25) is 0 Å². The molecule has 3 nitrogen and oxygen atoms in total. The van der Waals surface area contributed by atoms with Crippen molar-refractivity contribution in [3.05, 3.63) is 46.8 Å². The van der Waals surface area contributed by atoms with Gasteiger partial charge in [0.1, 0.15) is 5.82 Å². The molecule has 108 valence electrons. The summed E-state index contributed by atoms with van der Waals surface area (Å²) in [6.45, 7) is 5.41. The third-order valence-electron chi connectivity index (χ3n) is 3.53. The average molecular weight is 297 g/mol. The second-order valence-corrected chi connectivity index (χ2v) is 5.17. The Morgan fingerprint density at radius 3 is 2.65 bits per heavy atom. The predicted octanol–water partition coefficient (Wildman–Crippen LogP) is 2.64. The summed E-state index contributed by atoms with van der Waals surface area (Å²) in [4.78, 5) is 16.3. The Morgan fingerprint density at radius 2 is 2.05 bits per heavy atom. The summed E-state index contributed by atoms with van der Waals surface area (Å²) in [7, 11) is 0. The molecule has 0 aromatic heterocycles. The molecule has 1 aliphatic heterocycles. The number of rotatable bonds is 3. The van der Waals surface area contributed by atoms with Crippen LogP contribution in [0.3, 0.4) is 0 Å². The molecule has 20 heavy (non-hydrogen) atoms. The van der Waals surface area contributed by atoms with Crippen molar-refractivity contribution in [1.29, 1.82) is 0 Å². The quantitative estimate of drug-likeness (QED) is 0.856. The molecule has 0 aliphatic carbocycles. The predicted molar refractivity (Wildman–Crippen MR) is 78.5 cm³/mol. The van der Waals surface area contributed by atoms with Crippen LogP contribution in [0.4, 0.5) is 4.39 Å². The third kappa shape index (κ3) is 3.58. The average Bonchev–Trinajstić information content (AvgIpc) is 2.48. The van der Waals surface area contributed by atoms with Gasteiger partial charge in [-0.1, -0.05) is 23.7 Å². The van der Waals surface area contributed by atoms with Crippen LogP contribution in [0.15, 0.2) is 29.8 Å². The van der Waals surface area contributed by atoms with Crippen LogP contribution in [-0.2, 0) is 0 Å². The monoisotopic (exact) mass is 296 g/mol. The lowest BCUT2D eigenvalue weighted by Crippen LogP contribution is -2.48. The molecule has 0 radical (unpaired) electrons. The summed E-state index contributed by atoms with van der Waals surface area (Å²) in [6.07, 6.45) is 1.88. The van der Waals surface area contributed by atoms with Crippen LogP contribution in [0.2, 0.25) is 0 Å². The number of carbonyl (C=O) groups is 1. The number of halogens is 2. The van der Waals surface area contributed by atoms with Crippen molar-refractivity contribution in [2.75, 3.05) is 32.7 Å². The molecule has 0 unspecified atom stereocenters. The molecule has 1 amide bonds. The Balaban J connectivity index is 1.96. The topological polar surface area (TPSA) is 23.6 Å². The third-order valence-corrected chi connectivity index (χ3v) is 3.71. The molecule has 0 bridgehead atoms. The van der Waals surface area contributed by atoms with E-state index in [2.05, 4.69) is 4.90 Å². The van der Waals surface area contributed by atoms with Crippen LogP contribution in [-0.4, -0.2) is 48.4 Å². The van der Waals surface area contributed by atoms with E-state index in [0.29, 0.717) is 24.2 Å². The lowest BCUT2D eigenvalue weighted by Gasteiger charge is -2.34. The van der Waals surface area contributed by atoms with Gasteiger partial charge in [0.05, 0.1) is 0 Å². The van der Waals surface area contributed by atoms with Gasteiger partial charge >= 0.3 is 0 Å². The van der Waals surface area contributed by atoms with E-state index in [1.807, 2.05) is 6.08 Å². The zero-order chi connectivity index (χ0) is 14.5. The van der Waals surface area contributed by atoms with E-state index in [1.165, 1.54) is 11.6 Å². The van der Waals surface area contributed by atoms with Gasteiger partial charge in [-0.15, -0.1) is 0 Å². The van der Waals surface area contributed by atoms with Gasteiger partial charge < -0.3 is 4.90 Å². The molecule has 1 heterocycles. The summed E-state index contributed by atoms with van der Waals surface area (Å²) < 4.78 is 13.5. The number of aryl methyl sites for hydroxylation is 1. The molecule has 1 aromatic carbocycles. The SMILES string of the molecule is Cc1ccc(C(=O)N2CCN(C/C=C/Cl)CC2)cc1F. The highest BCUT2D eigenvalue weighted by Crippen LogP contribution is 2.13. The molecule has 2 rings (SSSR count). The summed E-state index contributed by atoms with van der Waals surface area (Å²) in [5, 5.41) is 0. The normalized spacial score (nSPS) is 16.9. The first kappa shape index (κ1) is 15.0. The molecule has 0 saturated carbocycles. The second kappa shape index (κ2) is 6.86. The van der Waals surface area contributed by atoms with E-state index in [9.17, 15) is 9.18 Å². The minimum atomic E-state index is -0.332. The molecule has 0 N–H and O–H groups in total. The summed E-state index contributed by atoms with van der Waals surface area (Å²) >= 11 is 5.50. The van der Waals surface area contributed by atoms with Crippen molar-refractivity contribution < 1.29 is 9.18 Å². The van der Waals surface area contributed by atoms with Gasteiger partial charge in [-0.3, -0.25) is 9.69 Å². The maximum absolute atomic E-state index is 13.5. The largest absolute Gasteiger partial charge is 0.336 e. The molecular formula is C15H18ClFN2O. The fourth-order valence-corrected chi connectivity index (χ4v) is 2.31. The van der Waals surface area contributed by atoms with E-state index in [0.717, 1.165) is 19.6 Å². The Hall–Kier alpha value is -1.39. The number of amides is 1. The molecule has 0 atom stereocenters. The molecule has 0 spiro atoms. The molecule has 1 aromatic rings. The van der Waals surface area contributed by atoms with Gasteiger partial charge in [-0.05, 0) is 24.6 Å². The van der Waals surface area contributed by atoms with Crippen LogP contribution < -0.4 is 0 Å². The minimum Gasteiger partial charge on any atom is -0.336 e. The van der Waals surface area contributed by atoms with Gasteiger partial charge in [0.15, 0.2) is 0 Å². The van der Waals surface area contributed by atoms with Crippen molar-refractivity contribution in [2.24, 2.45) is 0 Å². The highest BCUT2D eigenvalue weighted by Gasteiger charge is 2.21. The molecule has 5 heteroatoms. The van der Waals surface area contributed by atoms with Crippen molar-refractivity contribution in [3.8, 4) is 0 Å². The van der Waals surface area contributed by atoms with Crippen molar-refractivity contribution in [3.63, 3.8) is 0 Å². The standard InChI is InChI=1S/C15H18ClFN2O/c1-12-3-4-13(11-14(12)17)15(20)19-9-7-18(8-10-19)6-2-5-16/h2-5,11H,6-10H2,1H3/b5-2+. The van der Waals surface area contributed by atoms with Crippen LogP contribution in [0.1, 0.15) is 15.9 Å². The lowest BCUT2D eigenvalue weighted by molar-refractivity contribution is 0.0649. The number of hydrogen-bond donors (Lipinski definition) is 0. The zero-order valence-electron chi connectivity index (χ0n) is 11.5. The van der Waals surface area contributed by atoms with Crippen LogP contribution in [0.25, 0.3) is 0 Å². The van der Waals surface area contributed by atoms with E-state index < -0.39 is 0 Å². The fraction of sp³-hybridized carbons (Fsp3) is 0.400. The zero-order valence-corrected chi connectivity index (χ0v) is 12.2. The van der Waals surface area contributed by atoms with Crippen molar-refractivity contribution >= 4 is 17.5 Å². The van der Waals surface area contributed by atoms with Gasteiger partial charge in [0.25, 0.3) is 5.91 Å². The van der Waals surface area contributed by atoms with E-state index in [-0.39, 0.29) is 11.7 Å². The highest BCUT2D eigenvalue weighted by atomic mass is 35.5.